The third kappa shape index (κ3) is 3.37. The molecule has 0 aromatic heterocycles. The monoisotopic (exact) mass is 159 g/mol. The molecule has 0 unspecified atom stereocenters. The van der Waals surface area contributed by atoms with Crippen molar-refractivity contribution in [1.29, 1.82) is 0 Å². The smallest absolute Gasteiger partial charge is 0.325 e. The molecule has 0 aromatic rings. The molecule has 0 rings (SSSR count). The quantitative estimate of drug-likeness (QED) is 0.620. The minimum atomic E-state index is -0.551. The van der Waals surface area contributed by atoms with Gasteiger partial charge in [0.05, 0.1) is 6.61 Å². The molecule has 3 nitrogen and oxygen atoms in total. The van der Waals surface area contributed by atoms with Crippen molar-refractivity contribution in [2.24, 2.45) is 0 Å². The molecule has 0 amide bonds. The van der Waals surface area contributed by atoms with Crippen LogP contribution in [0.5, 0.6) is 0 Å². The van der Waals surface area contributed by atoms with Crippen LogP contribution in [0.4, 0.5) is 0 Å². The molecule has 66 valence electrons. The highest BCUT2D eigenvalue weighted by Crippen LogP contribution is 2.03. The maximum Gasteiger partial charge on any atom is 0.325 e. The number of carbonyl (C=O) groups excluding carboxylic acids is 1. The SMILES string of the molecule is CCNC(C)(C)C(=O)OCC. The Bertz CT molecular complexity index is 132. The maximum absolute atomic E-state index is 11.2. The van der Waals surface area contributed by atoms with Gasteiger partial charge in [0.25, 0.3) is 0 Å². The van der Waals surface area contributed by atoms with Crippen molar-refractivity contribution in [1.82, 2.24) is 5.32 Å². The number of carbonyl (C=O) groups is 1. The topological polar surface area (TPSA) is 38.3 Å². The van der Waals surface area contributed by atoms with Gasteiger partial charge in [0.2, 0.25) is 0 Å². The molecule has 0 aliphatic rings. The largest absolute Gasteiger partial charge is 0.465 e. The van der Waals surface area contributed by atoms with Crippen molar-refractivity contribution in [3.05, 3.63) is 0 Å². The summed E-state index contributed by atoms with van der Waals surface area (Å²) in [4.78, 5) is 11.2. The number of hydrogen-bond donors (Lipinski definition) is 1. The fourth-order valence-electron chi connectivity index (χ4n) is 0.826. The lowest BCUT2D eigenvalue weighted by atomic mass is 10.1. The van der Waals surface area contributed by atoms with Crippen LogP contribution in [0.15, 0.2) is 0 Å². The van der Waals surface area contributed by atoms with Crippen molar-refractivity contribution in [2.45, 2.75) is 33.2 Å². The number of rotatable bonds is 4. The van der Waals surface area contributed by atoms with Crippen LogP contribution in [0.1, 0.15) is 27.7 Å². The molecular weight excluding hydrogens is 142 g/mol. The predicted molar refractivity (Wildman–Crippen MR) is 44.4 cm³/mol. The molecule has 0 aliphatic carbocycles. The second kappa shape index (κ2) is 4.34. The Morgan fingerprint density at radius 1 is 1.45 bits per heavy atom. The van der Waals surface area contributed by atoms with Crippen molar-refractivity contribution < 1.29 is 9.53 Å². The van der Waals surface area contributed by atoms with Gasteiger partial charge in [-0.25, -0.2) is 0 Å². The Hall–Kier alpha value is -0.570. The summed E-state index contributed by atoms with van der Waals surface area (Å²) < 4.78 is 4.86. The van der Waals surface area contributed by atoms with E-state index in [0.29, 0.717) is 6.61 Å². The van der Waals surface area contributed by atoms with E-state index in [1.165, 1.54) is 0 Å². The Labute approximate surface area is 68.1 Å². The van der Waals surface area contributed by atoms with Crippen molar-refractivity contribution in [3.63, 3.8) is 0 Å². The fourth-order valence-corrected chi connectivity index (χ4v) is 0.826. The lowest BCUT2D eigenvalue weighted by molar-refractivity contribution is -0.149. The average molecular weight is 159 g/mol. The molecule has 0 atom stereocenters. The van der Waals surface area contributed by atoms with Crippen LogP contribution >= 0.6 is 0 Å². The summed E-state index contributed by atoms with van der Waals surface area (Å²) in [5.41, 5.74) is -0.551. The van der Waals surface area contributed by atoms with Crippen LogP contribution in [-0.4, -0.2) is 24.7 Å². The van der Waals surface area contributed by atoms with Gasteiger partial charge in [-0.2, -0.15) is 0 Å². The number of ether oxygens (including phenoxy) is 1. The van der Waals surface area contributed by atoms with E-state index in [1.807, 2.05) is 20.8 Å². The van der Waals surface area contributed by atoms with E-state index < -0.39 is 5.54 Å². The number of nitrogens with one attached hydrogen (secondary N) is 1. The van der Waals surface area contributed by atoms with E-state index in [2.05, 4.69) is 5.32 Å². The molecule has 0 fully saturated rings. The van der Waals surface area contributed by atoms with Crippen LogP contribution in [0.3, 0.4) is 0 Å². The van der Waals surface area contributed by atoms with Crippen LogP contribution in [-0.2, 0) is 9.53 Å². The standard InChI is InChI=1S/C8H17NO2/c1-5-9-8(3,4)7(10)11-6-2/h9H,5-6H2,1-4H3. The Balaban J connectivity index is 3.94. The summed E-state index contributed by atoms with van der Waals surface area (Å²) in [7, 11) is 0. The second-order valence-corrected chi connectivity index (χ2v) is 2.88. The summed E-state index contributed by atoms with van der Waals surface area (Å²) >= 11 is 0. The number of esters is 1. The highest BCUT2D eigenvalue weighted by molar-refractivity contribution is 5.79. The molecular formula is C8H17NO2. The van der Waals surface area contributed by atoms with Gasteiger partial charge in [0.15, 0.2) is 0 Å². The highest BCUT2D eigenvalue weighted by Gasteiger charge is 2.27. The van der Waals surface area contributed by atoms with Gasteiger partial charge < -0.3 is 10.1 Å². The Kier molecular flexibility index (Phi) is 4.11. The minimum Gasteiger partial charge on any atom is -0.465 e. The summed E-state index contributed by atoms with van der Waals surface area (Å²) in [6, 6.07) is 0. The zero-order chi connectivity index (χ0) is 8.91. The van der Waals surface area contributed by atoms with Gasteiger partial charge in [-0.05, 0) is 27.3 Å². The van der Waals surface area contributed by atoms with Crippen LogP contribution in [0.25, 0.3) is 0 Å². The molecule has 0 saturated heterocycles. The normalized spacial score (nSPS) is 11.3. The van der Waals surface area contributed by atoms with Crippen LogP contribution in [0, 0.1) is 0 Å². The lowest BCUT2D eigenvalue weighted by Crippen LogP contribution is -2.47. The molecule has 0 saturated carbocycles. The summed E-state index contributed by atoms with van der Waals surface area (Å²) in [6.07, 6.45) is 0. The second-order valence-electron chi connectivity index (χ2n) is 2.88. The first-order chi connectivity index (χ1) is 5.04. The summed E-state index contributed by atoms with van der Waals surface area (Å²) in [5, 5.41) is 3.03. The fraction of sp³-hybridized carbons (Fsp3) is 0.875. The van der Waals surface area contributed by atoms with E-state index in [4.69, 9.17) is 4.74 Å². The zero-order valence-corrected chi connectivity index (χ0v) is 7.73. The van der Waals surface area contributed by atoms with Gasteiger partial charge in [-0.3, -0.25) is 4.79 Å². The molecule has 3 heteroatoms. The van der Waals surface area contributed by atoms with E-state index in [0.717, 1.165) is 6.54 Å². The van der Waals surface area contributed by atoms with E-state index in [1.54, 1.807) is 6.92 Å². The molecule has 0 spiro atoms. The predicted octanol–water partition coefficient (Wildman–Crippen LogP) is 0.938. The van der Waals surface area contributed by atoms with Gasteiger partial charge in [0.1, 0.15) is 5.54 Å². The van der Waals surface area contributed by atoms with E-state index >= 15 is 0 Å². The molecule has 0 bridgehead atoms. The van der Waals surface area contributed by atoms with Gasteiger partial charge >= 0.3 is 5.97 Å². The van der Waals surface area contributed by atoms with Gasteiger partial charge in [-0.1, -0.05) is 6.92 Å². The van der Waals surface area contributed by atoms with Crippen LogP contribution in [0.2, 0.25) is 0 Å². The molecule has 0 aliphatic heterocycles. The van der Waals surface area contributed by atoms with E-state index in [-0.39, 0.29) is 5.97 Å². The average Bonchev–Trinajstić information content (AvgIpc) is 1.88. The molecule has 11 heavy (non-hydrogen) atoms. The highest BCUT2D eigenvalue weighted by atomic mass is 16.5. The third-order valence-electron chi connectivity index (χ3n) is 1.40. The first-order valence-electron chi connectivity index (χ1n) is 3.96. The molecule has 0 aromatic carbocycles. The first kappa shape index (κ1) is 10.4. The van der Waals surface area contributed by atoms with Crippen LogP contribution < -0.4 is 5.32 Å². The zero-order valence-electron chi connectivity index (χ0n) is 7.73. The minimum absolute atomic E-state index is 0.193. The first-order valence-corrected chi connectivity index (χ1v) is 3.96. The van der Waals surface area contributed by atoms with Crippen molar-refractivity contribution in [2.75, 3.05) is 13.2 Å². The maximum atomic E-state index is 11.2. The van der Waals surface area contributed by atoms with Crippen molar-refractivity contribution in [3.8, 4) is 0 Å². The van der Waals surface area contributed by atoms with Crippen molar-refractivity contribution >= 4 is 5.97 Å². The summed E-state index contributed by atoms with van der Waals surface area (Å²) in [6.45, 7) is 8.60. The number of hydrogen-bond acceptors (Lipinski definition) is 3. The Morgan fingerprint density at radius 3 is 2.36 bits per heavy atom. The van der Waals surface area contributed by atoms with E-state index in [9.17, 15) is 4.79 Å². The number of likely N-dealkylation sites (N-methyl/N-ethyl adjacent to an activating group) is 1. The Morgan fingerprint density at radius 2 is 2.00 bits per heavy atom. The third-order valence-corrected chi connectivity index (χ3v) is 1.40. The summed E-state index contributed by atoms with van der Waals surface area (Å²) in [5.74, 6) is -0.193. The lowest BCUT2D eigenvalue weighted by Gasteiger charge is -2.22. The molecule has 1 N–H and O–H groups in total. The van der Waals surface area contributed by atoms with Gasteiger partial charge in [-0.15, -0.1) is 0 Å². The molecule has 0 radical (unpaired) electrons. The van der Waals surface area contributed by atoms with Gasteiger partial charge in [0, 0.05) is 0 Å². The molecule has 0 heterocycles.